The minimum atomic E-state index is -4.43. The highest BCUT2D eigenvalue weighted by molar-refractivity contribution is 6.63. The van der Waals surface area contributed by atoms with Crippen molar-refractivity contribution in [2.24, 2.45) is 5.92 Å². The molecule has 0 unspecified atom stereocenters. The van der Waals surface area contributed by atoms with E-state index in [9.17, 15) is 13.2 Å². The Labute approximate surface area is 159 Å². The Morgan fingerprint density at radius 1 is 1.04 bits per heavy atom. The first kappa shape index (κ1) is 20.5. The minimum absolute atomic E-state index is 0.305. The molecule has 1 saturated carbocycles. The van der Waals surface area contributed by atoms with Gasteiger partial charge in [-0.3, -0.25) is 0 Å². The smallest absolute Gasteiger partial charge is 0.494 e. The second-order valence-electron chi connectivity index (χ2n) is 8.65. The lowest BCUT2D eigenvalue weighted by Crippen LogP contribution is -2.41. The van der Waals surface area contributed by atoms with E-state index in [1.807, 2.05) is 27.7 Å². The molecular formula is C20H28BF3O3. The van der Waals surface area contributed by atoms with E-state index in [1.165, 1.54) is 25.3 Å². The number of halogens is 3. The Bertz CT molecular complexity index is 651. The van der Waals surface area contributed by atoms with E-state index in [2.05, 4.69) is 0 Å². The maximum absolute atomic E-state index is 13.2. The van der Waals surface area contributed by atoms with Crippen LogP contribution in [0.5, 0.6) is 5.75 Å². The molecule has 0 radical (unpaired) electrons. The van der Waals surface area contributed by atoms with E-state index in [-0.39, 0.29) is 0 Å². The molecule has 3 rings (SSSR count). The van der Waals surface area contributed by atoms with Crippen LogP contribution in [0, 0.1) is 5.92 Å². The van der Waals surface area contributed by atoms with Crippen LogP contribution >= 0.6 is 0 Å². The van der Waals surface area contributed by atoms with E-state index >= 15 is 0 Å². The van der Waals surface area contributed by atoms with Gasteiger partial charge in [-0.25, -0.2) is 0 Å². The van der Waals surface area contributed by atoms with Crippen LogP contribution < -0.4 is 10.2 Å². The summed E-state index contributed by atoms with van der Waals surface area (Å²) in [6.45, 7) is 8.02. The summed E-state index contributed by atoms with van der Waals surface area (Å²) >= 11 is 0. The van der Waals surface area contributed by atoms with Gasteiger partial charge in [-0.05, 0) is 64.7 Å². The normalized spacial score (nSPS) is 22.9. The average molecular weight is 384 g/mol. The van der Waals surface area contributed by atoms with Crippen molar-refractivity contribution in [3.8, 4) is 5.75 Å². The fourth-order valence-corrected chi connectivity index (χ4v) is 3.57. The second kappa shape index (κ2) is 7.32. The summed E-state index contributed by atoms with van der Waals surface area (Å²) in [4.78, 5) is 0. The Kier molecular flexibility index (Phi) is 5.56. The van der Waals surface area contributed by atoms with Crippen molar-refractivity contribution >= 4 is 12.6 Å². The number of hydrogen-bond donors (Lipinski definition) is 0. The van der Waals surface area contributed by atoms with Gasteiger partial charge in [0.2, 0.25) is 0 Å². The lowest BCUT2D eigenvalue weighted by atomic mass is 9.77. The van der Waals surface area contributed by atoms with E-state index in [0.717, 1.165) is 25.0 Å². The maximum Gasteiger partial charge on any atom is 0.498 e. The molecule has 0 bridgehead atoms. The van der Waals surface area contributed by atoms with Crippen molar-refractivity contribution in [3.63, 3.8) is 0 Å². The van der Waals surface area contributed by atoms with Gasteiger partial charge in [0.25, 0.3) is 0 Å². The lowest BCUT2D eigenvalue weighted by molar-refractivity contribution is -0.137. The Balaban J connectivity index is 1.86. The first-order chi connectivity index (χ1) is 12.5. The van der Waals surface area contributed by atoms with Crippen molar-refractivity contribution in [2.45, 2.75) is 77.2 Å². The van der Waals surface area contributed by atoms with Gasteiger partial charge in [0, 0.05) is 5.46 Å². The zero-order valence-electron chi connectivity index (χ0n) is 16.5. The number of hydrogen-bond acceptors (Lipinski definition) is 3. The molecule has 0 N–H and O–H groups in total. The van der Waals surface area contributed by atoms with Crippen molar-refractivity contribution in [2.75, 3.05) is 6.61 Å². The van der Waals surface area contributed by atoms with Gasteiger partial charge in [-0.1, -0.05) is 19.3 Å². The number of rotatable bonds is 4. The molecule has 1 aromatic carbocycles. The topological polar surface area (TPSA) is 27.7 Å². The number of benzene rings is 1. The summed E-state index contributed by atoms with van der Waals surface area (Å²) in [5.74, 6) is 0.860. The summed E-state index contributed by atoms with van der Waals surface area (Å²) in [5.41, 5.74) is -1.68. The molecule has 1 heterocycles. The van der Waals surface area contributed by atoms with Gasteiger partial charge < -0.3 is 14.0 Å². The van der Waals surface area contributed by atoms with Crippen LogP contribution in [0.4, 0.5) is 13.2 Å². The Hall–Kier alpha value is -1.21. The fraction of sp³-hybridized carbons (Fsp3) is 0.700. The van der Waals surface area contributed by atoms with Crippen LogP contribution in [-0.4, -0.2) is 24.9 Å². The summed E-state index contributed by atoms with van der Waals surface area (Å²) in [7, 11) is -0.890. The minimum Gasteiger partial charge on any atom is -0.494 e. The third-order valence-electron chi connectivity index (χ3n) is 6.04. The number of alkyl halides is 3. The molecule has 1 aliphatic heterocycles. The van der Waals surface area contributed by atoms with Crippen molar-refractivity contribution in [1.29, 1.82) is 0 Å². The van der Waals surface area contributed by atoms with Gasteiger partial charge in [0.1, 0.15) is 5.75 Å². The van der Waals surface area contributed by atoms with Crippen LogP contribution in [0.1, 0.15) is 65.4 Å². The Morgan fingerprint density at radius 3 is 2.19 bits per heavy atom. The van der Waals surface area contributed by atoms with Crippen molar-refractivity contribution in [1.82, 2.24) is 0 Å². The van der Waals surface area contributed by atoms with Gasteiger partial charge in [-0.2, -0.15) is 13.2 Å². The first-order valence-electron chi connectivity index (χ1n) is 9.69. The van der Waals surface area contributed by atoms with Gasteiger partial charge >= 0.3 is 13.3 Å². The quantitative estimate of drug-likeness (QED) is 0.687. The van der Waals surface area contributed by atoms with E-state index in [4.69, 9.17) is 14.0 Å². The monoisotopic (exact) mass is 384 g/mol. The van der Waals surface area contributed by atoms with Crippen LogP contribution in [0.15, 0.2) is 18.2 Å². The van der Waals surface area contributed by atoms with Crippen LogP contribution in [0.2, 0.25) is 0 Å². The van der Waals surface area contributed by atoms with E-state index < -0.39 is 30.1 Å². The molecule has 150 valence electrons. The zero-order valence-corrected chi connectivity index (χ0v) is 16.5. The van der Waals surface area contributed by atoms with Gasteiger partial charge in [0.15, 0.2) is 0 Å². The highest BCUT2D eigenvalue weighted by Gasteiger charge is 2.53. The van der Waals surface area contributed by atoms with Crippen molar-refractivity contribution < 1.29 is 27.2 Å². The van der Waals surface area contributed by atoms with Gasteiger partial charge in [0.05, 0.1) is 23.4 Å². The molecule has 2 fully saturated rings. The van der Waals surface area contributed by atoms with E-state index in [0.29, 0.717) is 23.7 Å². The Morgan fingerprint density at radius 2 is 1.63 bits per heavy atom. The van der Waals surface area contributed by atoms with Gasteiger partial charge in [-0.15, -0.1) is 0 Å². The largest absolute Gasteiger partial charge is 0.498 e. The van der Waals surface area contributed by atoms with Crippen molar-refractivity contribution in [3.05, 3.63) is 23.8 Å². The predicted molar refractivity (Wildman–Crippen MR) is 99.2 cm³/mol. The first-order valence-corrected chi connectivity index (χ1v) is 9.69. The van der Waals surface area contributed by atoms with Crippen LogP contribution in [0.3, 0.4) is 0 Å². The molecule has 0 atom stereocenters. The molecule has 0 amide bonds. The molecule has 1 aromatic rings. The van der Waals surface area contributed by atoms with Crippen LogP contribution in [-0.2, 0) is 15.5 Å². The highest BCUT2D eigenvalue weighted by atomic mass is 19.4. The molecule has 7 heteroatoms. The molecule has 2 aliphatic rings. The fourth-order valence-electron chi connectivity index (χ4n) is 3.57. The third kappa shape index (κ3) is 4.45. The standard InChI is InChI=1S/C20H28BF3O3/c1-18(2)19(3,4)27-21(26-18)16-12-15(20(22,23)24)10-11-17(16)25-13-14-8-6-5-7-9-14/h10-12,14H,5-9,13H2,1-4H3. The summed E-state index contributed by atoms with van der Waals surface area (Å²) in [6, 6.07) is 3.55. The summed E-state index contributed by atoms with van der Waals surface area (Å²) < 4.78 is 57.7. The second-order valence-corrected chi connectivity index (χ2v) is 8.65. The van der Waals surface area contributed by atoms with Crippen LogP contribution in [0.25, 0.3) is 0 Å². The summed E-state index contributed by atoms with van der Waals surface area (Å²) in [5, 5.41) is 0. The molecule has 0 spiro atoms. The maximum atomic E-state index is 13.2. The average Bonchev–Trinajstić information content (AvgIpc) is 2.80. The number of ether oxygens (including phenoxy) is 1. The molecule has 1 aliphatic carbocycles. The lowest BCUT2D eigenvalue weighted by Gasteiger charge is -2.32. The zero-order chi connectivity index (χ0) is 19.9. The molecule has 27 heavy (non-hydrogen) atoms. The highest BCUT2D eigenvalue weighted by Crippen LogP contribution is 2.38. The summed E-state index contributed by atoms with van der Waals surface area (Å²) in [6.07, 6.45) is 1.39. The molecule has 1 saturated heterocycles. The SMILES string of the molecule is CC1(C)OB(c2cc(C(F)(F)F)ccc2OCC2CCCCC2)OC1(C)C. The van der Waals surface area contributed by atoms with E-state index in [1.54, 1.807) is 0 Å². The predicted octanol–water partition coefficient (Wildman–Crippen LogP) is 4.96. The molecule has 3 nitrogen and oxygen atoms in total. The molecule has 0 aromatic heterocycles. The third-order valence-corrected chi connectivity index (χ3v) is 6.04. The molecular weight excluding hydrogens is 356 g/mol.